The van der Waals surface area contributed by atoms with Crippen LogP contribution in [0.15, 0.2) is 61.1 Å². The second-order valence-corrected chi connectivity index (χ2v) is 5.89. The number of rotatable bonds is 8. The monoisotopic (exact) mass is 365 g/mol. The zero-order chi connectivity index (χ0) is 18.9. The summed E-state index contributed by atoms with van der Waals surface area (Å²) in [4.78, 5) is 16.2. The topological polar surface area (TPSA) is 81.1 Å². The molecular weight excluding hydrogens is 342 g/mol. The molecule has 0 saturated carbocycles. The molecule has 1 aromatic carbocycles. The highest BCUT2D eigenvalue weighted by atomic mass is 16.5. The van der Waals surface area contributed by atoms with E-state index in [1.54, 1.807) is 6.20 Å². The molecule has 0 aliphatic rings. The zero-order valence-electron chi connectivity index (χ0n) is 15.3. The van der Waals surface area contributed by atoms with Gasteiger partial charge in [-0.1, -0.05) is 24.3 Å². The van der Waals surface area contributed by atoms with Gasteiger partial charge < -0.3 is 15.4 Å². The van der Waals surface area contributed by atoms with E-state index in [9.17, 15) is 4.79 Å². The third-order valence-corrected chi connectivity index (χ3v) is 3.93. The quantitative estimate of drug-likeness (QED) is 0.643. The third-order valence-electron chi connectivity index (χ3n) is 3.93. The first-order chi connectivity index (χ1) is 13.3. The molecule has 0 spiro atoms. The minimum absolute atomic E-state index is 0.225. The molecule has 0 aliphatic carbocycles. The summed E-state index contributed by atoms with van der Waals surface area (Å²) in [7, 11) is 0. The van der Waals surface area contributed by atoms with Crippen molar-refractivity contribution in [3.63, 3.8) is 0 Å². The lowest BCUT2D eigenvalue weighted by Gasteiger charge is -2.10. The zero-order valence-corrected chi connectivity index (χ0v) is 15.3. The van der Waals surface area contributed by atoms with Gasteiger partial charge in [0.05, 0.1) is 18.5 Å². The molecule has 2 heterocycles. The number of pyridine rings is 1. The van der Waals surface area contributed by atoms with Crippen LogP contribution in [0.25, 0.3) is 5.69 Å². The van der Waals surface area contributed by atoms with Crippen LogP contribution >= 0.6 is 0 Å². The van der Waals surface area contributed by atoms with Crippen molar-refractivity contribution < 1.29 is 9.53 Å². The number of ether oxygens (including phenoxy) is 1. The summed E-state index contributed by atoms with van der Waals surface area (Å²) >= 11 is 0. The van der Waals surface area contributed by atoms with Gasteiger partial charge in [-0.2, -0.15) is 5.10 Å². The molecule has 0 atom stereocenters. The van der Waals surface area contributed by atoms with Crippen LogP contribution in [-0.4, -0.2) is 33.9 Å². The minimum Gasteiger partial charge on any atom is -0.478 e. The van der Waals surface area contributed by atoms with E-state index in [1.807, 2.05) is 66.5 Å². The van der Waals surface area contributed by atoms with Gasteiger partial charge in [0.1, 0.15) is 0 Å². The van der Waals surface area contributed by atoms with Crippen LogP contribution in [0.4, 0.5) is 4.79 Å². The number of benzene rings is 1. The molecule has 2 aromatic heterocycles. The summed E-state index contributed by atoms with van der Waals surface area (Å²) < 4.78 is 7.28. The van der Waals surface area contributed by atoms with Crippen molar-refractivity contribution in [1.82, 2.24) is 25.4 Å². The van der Waals surface area contributed by atoms with Crippen molar-refractivity contribution >= 4 is 6.03 Å². The molecule has 140 valence electrons. The first-order valence-electron chi connectivity index (χ1n) is 8.93. The SMILES string of the molecule is CCOc1ncccc1CNC(=O)NCCc1cnn(-c2ccccc2)c1. The second kappa shape index (κ2) is 9.38. The van der Waals surface area contributed by atoms with Crippen molar-refractivity contribution in [2.24, 2.45) is 0 Å². The molecule has 2 amide bonds. The van der Waals surface area contributed by atoms with Crippen LogP contribution in [0.5, 0.6) is 5.88 Å². The van der Waals surface area contributed by atoms with Crippen LogP contribution in [0, 0.1) is 0 Å². The number of para-hydroxylation sites is 1. The predicted molar refractivity (Wildman–Crippen MR) is 103 cm³/mol. The Morgan fingerprint density at radius 2 is 2.00 bits per heavy atom. The number of hydrogen-bond acceptors (Lipinski definition) is 4. The molecule has 0 unspecified atom stereocenters. The molecule has 0 saturated heterocycles. The van der Waals surface area contributed by atoms with Crippen molar-refractivity contribution in [3.05, 3.63) is 72.2 Å². The fraction of sp³-hybridized carbons (Fsp3) is 0.250. The normalized spacial score (nSPS) is 10.4. The van der Waals surface area contributed by atoms with Gasteiger partial charge >= 0.3 is 6.03 Å². The molecule has 27 heavy (non-hydrogen) atoms. The fourth-order valence-corrected chi connectivity index (χ4v) is 2.59. The van der Waals surface area contributed by atoms with Crippen LogP contribution < -0.4 is 15.4 Å². The molecule has 3 rings (SSSR count). The molecule has 3 aromatic rings. The smallest absolute Gasteiger partial charge is 0.315 e. The number of nitrogens with one attached hydrogen (secondary N) is 2. The van der Waals surface area contributed by atoms with E-state index in [4.69, 9.17) is 4.74 Å². The van der Waals surface area contributed by atoms with E-state index in [2.05, 4.69) is 20.7 Å². The average molecular weight is 365 g/mol. The first kappa shape index (κ1) is 18.4. The van der Waals surface area contributed by atoms with Gasteiger partial charge in [0.2, 0.25) is 5.88 Å². The number of amides is 2. The Hall–Kier alpha value is -3.35. The Balaban J connectivity index is 1.43. The van der Waals surface area contributed by atoms with E-state index in [1.165, 1.54) is 0 Å². The van der Waals surface area contributed by atoms with Crippen LogP contribution in [0.1, 0.15) is 18.1 Å². The molecule has 0 aliphatic heterocycles. The molecule has 0 radical (unpaired) electrons. The number of hydrogen-bond donors (Lipinski definition) is 2. The van der Waals surface area contributed by atoms with Gasteiger partial charge in [-0.3, -0.25) is 0 Å². The summed E-state index contributed by atoms with van der Waals surface area (Å²) in [5, 5.41) is 10.0. The Morgan fingerprint density at radius 3 is 2.81 bits per heavy atom. The molecular formula is C20H23N5O2. The number of nitrogens with zero attached hydrogens (tertiary/aromatic N) is 3. The Morgan fingerprint density at radius 1 is 1.15 bits per heavy atom. The highest BCUT2D eigenvalue weighted by Gasteiger charge is 2.07. The highest BCUT2D eigenvalue weighted by Crippen LogP contribution is 2.13. The minimum atomic E-state index is -0.225. The maximum atomic E-state index is 12.0. The fourth-order valence-electron chi connectivity index (χ4n) is 2.59. The summed E-state index contributed by atoms with van der Waals surface area (Å²) in [5.41, 5.74) is 2.92. The Labute approximate surface area is 158 Å². The van der Waals surface area contributed by atoms with Gasteiger partial charge in [-0.25, -0.2) is 14.5 Å². The largest absolute Gasteiger partial charge is 0.478 e. The van der Waals surface area contributed by atoms with Crippen LogP contribution in [0.2, 0.25) is 0 Å². The van der Waals surface area contributed by atoms with E-state index >= 15 is 0 Å². The first-order valence-corrected chi connectivity index (χ1v) is 8.93. The number of carbonyl (C=O) groups is 1. The number of urea groups is 1. The molecule has 7 nitrogen and oxygen atoms in total. The second-order valence-electron chi connectivity index (χ2n) is 5.89. The van der Waals surface area contributed by atoms with Crippen molar-refractivity contribution in [2.75, 3.05) is 13.2 Å². The van der Waals surface area contributed by atoms with Crippen molar-refractivity contribution in [2.45, 2.75) is 19.9 Å². The Kier molecular flexibility index (Phi) is 6.40. The summed E-state index contributed by atoms with van der Waals surface area (Å²) in [6.07, 6.45) is 6.16. The standard InChI is InChI=1S/C20H23N5O2/c1-2-27-19-17(7-6-11-21-19)14-23-20(26)22-12-10-16-13-24-25(15-16)18-8-4-3-5-9-18/h3-9,11,13,15H,2,10,12,14H2,1H3,(H2,22,23,26). The van der Waals surface area contributed by atoms with Crippen molar-refractivity contribution in [3.8, 4) is 11.6 Å². The molecule has 2 N–H and O–H groups in total. The van der Waals surface area contributed by atoms with E-state index < -0.39 is 0 Å². The van der Waals surface area contributed by atoms with E-state index in [0.717, 1.165) is 16.8 Å². The lowest BCUT2D eigenvalue weighted by atomic mass is 10.2. The van der Waals surface area contributed by atoms with Gasteiger partial charge in [0.15, 0.2) is 0 Å². The van der Waals surface area contributed by atoms with Crippen LogP contribution in [0.3, 0.4) is 0 Å². The average Bonchev–Trinajstić information content (AvgIpc) is 3.17. The summed E-state index contributed by atoms with van der Waals surface area (Å²) in [6.45, 7) is 3.32. The predicted octanol–water partition coefficient (Wildman–Crippen LogP) is 2.71. The van der Waals surface area contributed by atoms with Gasteiger partial charge in [0.25, 0.3) is 0 Å². The third kappa shape index (κ3) is 5.31. The summed E-state index contributed by atoms with van der Waals surface area (Å²) in [5.74, 6) is 0.550. The van der Waals surface area contributed by atoms with E-state index in [0.29, 0.717) is 32.0 Å². The van der Waals surface area contributed by atoms with Gasteiger partial charge in [-0.15, -0.1) is 0 Å². The lowest BCUT2D eigenvalue weighted by molar-refractivity contribution is 0.240. The Bertz CT molecular complexity index is 864. The molecule has 0 fully saturated rings. The van der Waals surface area contributed by atoms with Crippen LogP contribution in [-0.2, 0) is 13.0 Å². The maximum Gasteiger partial charge on any atom is 0.315 e. The lowest BCUT2D eigenvalue weighted by Crippen LogP contribution is -2.36. The van der Waals surface area contributed by atoms with Gasteiger partial charge in [0, 0.05) is 31.0 Å². The maximum absolute atomic E-state index is 12.0. The highest BCUT2D eigenvalue weighted by molar-refractivity contribution is 5.73. The summed E-state index contributed by atoms with van der Waals surface area (Å²) in [6, 6.07) is 13.4. The van der Waals surface area contributed by atoms with Crippen molar-refractivity contribution in [1.29, 1.82) is 0 Å². The molecule has 7 heteroatoms. The van der Waals surface area contributed by atoms with E-state index in [-0.39, 0.29) is 6.03 Å². The molecule has 0 bridgehead atoms. The number of carbonyl (C=O) groups excluding carboxylic acids is 1. The van der Waals surface area contributed by atoms with Gasteiger partial charge in [-0.05, 0) is 37.1 Å². The number of aromatic nitrogens is 3.